The Balaban J connectivity index is 0.000000640. The molecule has 0 amide bonds. The van der Waals surface area contributed by atoms with Gasteiger partial charge in [0.2, 0.25) is 0 Å². The van der Waals surface area contributed by atoms with E-state index in [2.05, 4.69) is 12.2 Å². The lowest BCUT2D eigenvalue weighted by molar-refractivity contribution is 0.342. The minimum atomic E-state index is 0. The van der Waals surface area contributed by atoms with Crippen molar-refractivity contribution in [1.29, 1.82) is 0 Å². The Kier molecular flexibility index (Phi) is 3.48. The summed E-state index contributed by atoms with van der Waals surface area (Å²) in [4.78, 5) is 0. The van der Waals surface area contributed by atoms with Crippen molar-refractivity contribution < 1.29 is 0 Å². The van der Waals surface area contributed by atoms with Crippen molar-refractivity contribution in [1.82, 2.24) is 5.32 Å². The average molecular weight is 151 g/mol. The van der Waals surface area contributed by atoms with Crippen molar-refractivity contribution >= 4 is 12.4 Å². The summed E-state index contributed by atoms with van der Waals surface area (Å²) in [7, 11) is 0. The Hall–Kier alpha value is 0.210. The van der Waals surface area contributed by atoms with Crippen LogP contribution in [0.1, 0.15) is 19.8 Å². The van der Waals surface area contributed by atoms with Crippen LogP contribution in [0.3, 0.4) is 0 Å². The summed E-state index contributed by atoms with van der Waals surface area (Å²) in [6.45, 7) is 4.22. The Morgan fingerprint density at radius 2 is 2.22 bits per heavy atom. The first kappa shape index (κ1) is 9.21. The van der Waals surface area contributed by atoms with Gasteiger partial charge in [0.05, 0.1) is 0 Å². The van der Waals surface area contributed by atoms with Gasteiger partial charge in [0.15, 0.2) is 0 Å². The number of hydrogen-bond acceptors (Lipinski definition) is 2. The standard InChI is InChI=1S/C6H14N2.ClH/c1-6(7)3-2-4-8-5-6;/h8H,2-5,7H2,1H3;1H. The number of piperidine rings is 1. The first-order valence-electron chi connectivity index (χ1n) is 3.20. The van der Waals surface area contributed by atoms with Crippen LogP contribution in [-0.2, 0) is 0 Å². The molecule has 2 nitrogen and oxygen atoms in total. The molecule has 0 bridgehead atoms. The smallest absolute Gasteiger partial charge is 0.0252 e. The van der Waals surface area contributed by atoms with Gasteiger partial charge in [0.25, 0.3) is 0 Å². The van der Waals surface area contributed by atoms with Crippen molar-refractivity contribution in [2.24, 2.45) is 5.73 Å². The lowest BCUT2D eigenvalue weighted by atomic mass is 9.94. The SMILES string of the molecule is CC1(N)CCCNC1.Cl. The molecule has 1 rings (SSSR count). The first-order valence-corrected chi connectivity index (χ1v) is 3.20. The largest absolute Gasteiger partial charge is 0.324 e. The molecule has 3 heteroatoms. The molecule has 1 heterocycles. The highest BCUT2D eigenvalue weighted by atomic mass is 35.5. The van der Waals surface area contributed by atoms with E-state index in [1.807, 2.05) is 0 Å². The van der Waals surface area contributed by atoms with Gasteiger partial charge >= 0.3 is 0 Å². The fourth-order valence-electron chi connectivity index (χ4n) is 1.08. The summed E-state index contributed by atoms with van der Waals surface area (Å²) in [5.74, 6) is 0. The molecular weight excluding hydrogens is 136 g/mol. The zero-order chi connectivity index (χ0) is 6.04. The lowest BCUT2D eigenvalue weighted by Gasteiger charge is -2.29. The van der Waals surface area contributed by atoms with E-state index in [4.69, 9.17) is 5.73 Å². The van der Waals surface area contributed by atoms with E-state index < -0.39 is 0 Å². The van der Waals surface area contributed by atoms with E-state index in [9.17, 15) is 0 Å². The Morgan fingerprint density at radius 1 is 1.56 bits per heavy atom. The summed E-state index contributed by atoms with van der Waals surface area (Å²) >= 11 is 0. The molecule has 1 unspecified atom stereocenters. The molecule has 0 aromatic heterocycles. The minimum Gasteiger partial charge on any atom is -0.324 e. The highest BCUT2D eigenvalue weighted by molar-refractivity contribution is 5.85. The van der Waals surface area contributed by atoms with E-state index in [0.29, 0.717) is 0 Å². The maximum Gasteiger partial charge on any atom is 0.0252 e. The van der Waals surface area contributed by atoms with E-state index >= 15 is 0 Å². The molecule has 0 aliphatic carbocycles. The minimum absolute atomic E-state index is 0. The number of halogens is 1. The molecule has 0 spiro atoms. The Bertz CT molecular complexity index is 75.1. The van der Waals surface area contributed by atoms with Gasteiger partial charge in [-0.3, -0.25) is 0 Å². The normalized spacial score (nSPS) is 35.3. The highest BCUT2D eigenvalue weighted by Gasteiger charge is 2.20. The van der Waals surface area contributed by atoms with Crippen LogP contribution < -0.4 is 11.1 Å². The van der Waals surface area contributed by atoms with Crippen molar-refractivity contribution in [3.8, 4) is 0 Å². The third kappa shape index (κ3) is 3.04. The third-order valence-corrected chi connectivity index (χ3v) is 1.63. The van der Waals surface area contributed by atoms with Crippen LogP contribution >= 0.6 is 12.4 Å². The van der Waals surface area contributed by atoms with Crippen molar-refractivity contribution in [3.63, 3.8) is 0 Å². The second-order valence-electron chi connectivity index (χ2n) is 2.93. The predicted molar refractivity (Wildman–Crippen MR) is 41.9 cm³/mol. The molecule has 1 saturated heterocycles. The Morgan fingerprint density at radius 3 is 2.44 bits per heavy atom. The molecule has 56 valence electrons. The van der Waals surface area contributed by atoms with Gasteiger partial charge in [0.1, 0.15) is 0 Å². The molecule has 9 heavy (non-hydrogen) atoms. The van der Waals surface area contributed by atoms with Gasteiger partial charge in [-0.1, -0.05) is 0 Å². The summed E-state index contributed by atoms with van der Waals surface area (Å²) in [6.07, 6.45) is 2.40. The topological polar surface area (TPSA) is 38.0 Å². The van der Waals surface area contributed by atoms with Crippen LogP contribution in [0.5, 0.6) is 0 Å². The van der Waals surface area contributed by atoms with Crippen LogP contribution in [0, 0.1) is 0 Å². The number of hydrogen-bond donors (Lipinski definition) is 2. The number of nitrogens with two attached hydrogens (primary N) is 1. The zero-order valence-corrected chi connectivity index (χ0v) is 6.63. The first-order chi connectivity index (χ1) is 3.71. The van der Waals surface area contributed by atoms with Gasteiger partial charge in [-0.05, 0) is 26.3 Å². The molecule has 1 aliphatic heterocycles. The van der Waals surface area contributed by atoms with Gasteiger partial charge in [-0.2, -0.15) is 0 Å². The monoisotopic (exact) mass is 150 g/mol. The van der Waals surface area contributed by atoms with E-state index in [0.717, 1.165) is 13.1 Å². The van der Waals surface area contributed by atoms with Crippen LogP contribution in [0.25, 0.3) is 0 Å². The van der Waals surface area contributed by atoms with Gasteiger partial charge in [-0.15, -0.1) is 12.4 Å². The van der Waals surface area contributed by atoms with E-state index in [1.54, 1.807) is 0 Å². The molecular formula is C6H15ClN2. The number of nitrogens with one attached hydrogen (secondary N) is 1. The van der Waals surface area contributed by atoms with E-state index in [1.165, 1.54) is 12.8 Å². The molecule has 1 atom stereocenters. The molecule has 0 saturated carbocycles. The fourth-order valence-corrected chi connectivity index (χ4v) is 1.08. The van der Waals surface area contributed by atoms with Crippen LogP contribution in [0.2, 0.25) is 0 Å². The fraction of sp³-hybridized carbons (Fsp3) is 1.00. The predicted octanol–water partition coefficient (Wildman–Crippen LogP) is 0.509. The zero-order valence-electron chi connectivity index (χ0n) is 5.81. The summed E-state index contributed by atoms with van der Waals surface area (Å²) < 4.78 is 0. The summed E-state index contributed by atoms with van der Waals surface area (Å²) in [5.41, 5.74) is 5.88. The average Bonchev–Trinajstić information content (AvgIpc) is 1.65. The lowest BCUT2D eigenvalue weighted by Crippen LogP contribution is -2.50. The molecule has 0 aromatic rings. The van der Waals surface area contributed by atoms with E-state index in [-0.39, 0.29) is 17.9 Å². The quantitative estimate of drug-likeness (QED) is 0.528. The molecule has 0 aromatic carbocycles. The summed E-state index contributed by atoms with van der Waals surface area (Å²) in [6, 6.07) is 0. The maximum absolute atomic E-state index is 5.82. The molecule has 1 fully saturated rings. The summed E-state index contributed by atoms with van der Waals surface area (Å²) in [5, 5.41) is 3.25. The van der Waals surface area contributed by atoms with Gasteiger partial charge in [0, 0.05) is 12.1 Å². The Labute approximate surface area is 62.6 Å². The molecule has 0 radical (unpaired) electrons. The van der Waals surface area contributed by atoms with Crippen molar-refractivity contribution in [3.05, 3.63) is 0 Å². The third-order valence-electron chi connectivity index (χ3n) is 1.63. The van der Waals surface area contributed by atoms with Crippen LogP contribution in [0.15, 0.2) is 0 Å². The van der Waals surface area contributed by atoms with Crippen LogP contribution in [-0.4, -0.2) is 18.6 Å². The second-order valence-corrected chi connectivity index (χ2v) is 2.93. The van der Waals surface area contributed by atoms with Crippen molar-refractivity contribution in [2.75, 3.05) is 13.1 Å². The molecule has 3 N–H and O–H groups in total. The maximum atomic E-state index is 5.82. The van der Waals surface area contributed by atoms with Gasteiger partial charge in [-0.25, -0.2) is 0 Å². The van der Waals surface area contributed by atoms with Crippen molar-refractivity contribution in [2.45, 2.75) is 25.3 Å². The van der Waals surface area contributed by atoms with Gasteiger partial charge < -0.3 is 11.1 Å². The molecule has 1 aliphatic rings. The van der Waals surface area contributed by atoms with Crippen LogP contribution in [0.4, 0.5) is 0 Å². The highest BCUT2D eigenvalue weighted by Crippen LogP contribution is 2.10. The number of rotatable bonds is 0. The second kappa shape index (κ2) is 3.40.